The Morgan fingerprint density at radius 3 is 2.60 bits per heavy atom. The highest BCUT2D eigenvalue weighted by Crippen LogP contribution is 2.40. The first kappa shape index (κ1) is 29.0. The zero-order chi connectivity index (χ0) is 30.1. The van der Waals surface area contributed by atoms with Gasteiger partial charge in [0.25, 0.3) is 5.92 Å². The van der Waals surface area contributed by atoms with Crippen LogP contribution >= 0.6 is 0 Å². The number of piperidine rings is 1. The molecule has 1 N–H and O–H groups in total. The molecule has 1 aliphatic heterocycles. The van der Waals surface area contributed by atoms with Crippen LogP contribution in [0.4, 0.5) is 18.9 Å². The summed E-state index contributed by atoms with van der Waals surface area (Å²) in [7, 11) is 0. The number of rotatable bonds is 8. The topological polar surface area (TPSA) is 80.5 Å². The van der Waals surface area contributed by atoms with Crippen molar-refractivity contribution in [3.8, 4) is 5.75 Å². The summed E-state index contributed by atoms with van der Waals surface area (Å²) in [6, 6.07) is 14.1. The number of aliphatic carboxylic acids is 1. The number of alkyl halides is 2. The number of halogens is 3. The van der Waals surface area contributed by atoms with Crippen LogP contribution in [0.2, 0.25) is 0 Å². The lowest BCUT2D eigenvalue weighted by molar-refractivity contribution is -0.143. The average molecular weight is 593 g/mol. The van der Waals surface area contributed by atoms with Crippen LogP contribution < -0.4 is 9.64 Å². The van der Waals surface area contributed by atoms with Gasteiger partial charge in [-0.3, -0.25) is 9.78 Å². The van der Waals surface area contributed by atoms with Crippen LogP contribution in [0.25, 0.3) is 11.0 Å². The second-order valence-electron chi connectivity index (χ2n) is 11.8. The molecule has 2 fully saturated rings. The molecule has 1 saturated heterocycles. The zero-order valence-electron chi connectivity index (χ0n) is 24.1. The van der Waals surface area contributed by atoms with E-state index >= 15 is 4.39 Å². The number of hydrogen-bond acceptors (Lipinski definition) is 5. The lowest BCUT2D eigenvalue weighted by Crippen LogP contribution is -2.39. The maximum atomic E-state index is 15.3. The maximum absolute atomic E-state index is 15.3. The largest absolute Gasteiger partial charge is 0.487 e. The van der Waals surface area contributed by atoms with Crippen molar-refractivity contribution in [1.29, 1.82) is 0 Å². The first-order valence-electron chi connectivity index (χ1n) is 14.9. The molecule has 7 nitrogen and oxygen atoms in total. The fraction of sp³-hybridized carbons (Fsp3) is 0.424. The van der Waals surface area contributed by atoms with E-state index in [0.29, 0.717) is 46.7 Å². The molecule has 0 bridgehead atoms. The number of ether oxygens (including phenoxy) is 1. The highest BCUT2D eigenvalue weighted by atomic mass is 19.3. The van der Waals surface area contributed by atoms with Crippen LogP contribution in [0, 0.1) is 18.7 Å². The molecule has 2 aromatic heterocycles. The molecule has 0 spiro atoms. The van der Waals surface area contributed by atoms with Crippen molar-refractivity contribution in [2.75, 3.05) is 18.0 Å². The Balaban J connectivity index is 1.37. The fourth-order valence-corrected chi connectivity index (χ4v) is 6.28. The van der Waals surface area contributed by atoms with Gasteiger partial charge in [-0.05, 0) is 61.7 Å². The van der Waals surface area contributed by atoms with Gasteiger partial charge in [0.15, 0.2) is 0 Å². The number of aromatic nitrogens is 3. The minimum absolute atomic E-state index is 0.112. The molecule has 0 unspecified atom stereocenters. The summed E-state index contributed by atoms with van der Waals surface area (Å²) < 4.78 is 50.9. The molecule has 1 saturated carbocycles. The van der Waals surface area contributed by atoms with Gasteiger partial charge in [0.2, 0.25) is 0 Å². The van der Waals surface area contributed by atoms with E-state index in [-0.39, 0.29) is 45.0 Å². The summed E-state index contributed by atoms with van der Waals surface area (Å²) in [4.78, 5) is 23.4. The van der Waals surface area contributed by atoms with E-state index in [2.05, 4.69) is 4.98 Å². The third-order valence-electron chi connectivity index (χ3n) is 8.74. The van der Waals surface area contributed by atoms with Gasteiger partial charge in [-0.15, -0.1) is 0 Å². The van der Waals surface area contributed by atoms with Crippen LogP contribution in [0.5, 0.6) is 5.75 Å². The van der Waals surface area contributed by atoms with E-state index < -0.39 is 23.6 Å². The molecular formula is C33H35F3N4O3. The number of hydrogen-bond donors (Lipinski definition) is 1. The van der Waals surface area contributed by atoms with Crippen molar-refractivity contribution in [3.63, 3.8) is 0 Å². The van der Waals surface area contributed by atoms with Crippen molar-refractivity contribution < 1.29 is 27.8 Å². The van der Waals surface area contributed by atoms with Crippen molar-refractivity contribution >= 4 is 22.7 Å². The monoisotopic (exact) mass is 592 g/mol. The second kappa shape index (κ2) is 11.9. The zero-order valence-corrected chi connectivity index (χ0v) is 24.1. The molecule has 0 radical (unpaired) electrons. The number of imidazole rings is 1. The van der Waals surface area contributed by atoms with Crippen molar-refractivity contribution in [1.82, 2.24) is 14.5 Å². The number of pyridine rings is 1. The van der Waals surface area contributed by atoms with E-state index in [1.165, 1.54) is 6.07 Å². The Labute approximate surface area is 248 Å². The van der Waals surface area contributed by atoms with Crippen molar-refractivity contribution in [2.24, 2.45) is 5.92 Å². The molecule has 2 aromatic carbocycles. The first-order chi connectivity index (χ1) is 20.7. The summed E-state index contributed by atoms with van der Waals surface area (Å²) in [6.07, 6.45) is 4.26. The Morgan fingerprint density at radius 2 is 1.86 bits per heavy atom. The summed E-state index contributed by atoms with van der Waals surface area (Å²) in [6.45, 7) is 2.73. The molecule has 6 rings (SSSR count). The molecule has 2 aliphatic rings. The molecule has 226 valence electrons. The number of fused-ring (bicyclic) bond motifs is 1. The third kappa shape index (κ3) is 6.33. The summed E-state index contributed by atoms with van der Waals surface area (Å²) in [5.74, 6) is -3.66. The van der Waals surface area contributed by atoms with E-state index in [1.807, 2.05) is 46.7 Å². The molecule has 2 atom stereocenters. The Hall–Kier alpha value is -4.08. The van der Waals surface area contributed by atoms with Crippen molar-refractivity contribution in [3.05, 3.63) is 83.2 Å². The molecule has 0 amide bonds. The summed E-state index contributed by atoms with van der Waals surface area (Å²) in [5.41, 5.74) is 4.28. The standard InChI is InChI=1S/C33H35F3N4O3/c1-21-6-7-23(37-18-21)20-43-25-9-11-29-30(17-25)40(31(38-29)26-4-2-3-5-27(26)32(41)42)19-22-16-24(8-10-28(22)34)39-14-12-33(35,36)13-15-39/h6-11,16-18,26-27H,2-5,12-15,19-20H2,1H3,(H,41,42)/t26-,27+/m1/s1. The average Bonchev–Trinajstić information content (AvgIpc) is 3.35. The van der Waals surface area contributed by atoms with Gasteiger partial charge in [0.05, 0.1) is 29.2 Å². The van der Waals surface area contributed by atoms with Crippen molar-refractivity contribution in [2.45, 2.75) is 70.4 Å². The van der Waals surface area contributed by atoms with Gasteiger partial charge in [0, 0.05) is 55.4 Å². The molecular weight excluding hydrogens is 557 g/mol. The number of carboxylic acids is 1. The number of nitrogens with zero attached hydrogens (tertiary/aromatic N) is 4. The van der Waals surface area contributed by atoms with Crippen LogP contribution in [0.1, 0.15) is 67.1 Å². The number of benzene rings is 2. The van der Waals surface area contributed by atoms with E-state index in [0.717, 1.165) is 24.1 Å². The first-order valence-corrected chi connectivity index (χ1v) is 14.9. The molecule has 4 aromatic rings. The van der Waals surface area contributed by atoms with E-state index in [4.69, 9.17) is 9.72 Å². The molecule has 10 heteroatoms. The second-order valence-corrected chi connectivity index (χ2v) is 11.8. The molecule has 3 heterocycles. The van der Waals surface area contributed by atoms with Crippen LogP contribution in [-0.4, -0.2) is 44.6 Å². The van der Waals surface area contributed by atoms with E-state index in [9.17, 15) is 18.7 Å². The Bertz CT molecular complexity index is 1610. The number of carbonyl (C=O) groups is 1. The lowest BCUT2D eigenvalue weighted by Gasteiger charge is -2.33. The normalized spacial score (nSPS) is 20.3. The van der Waals surface area contributed by atoms with Gasteiger partial charge in [-0.2, -0.15) is 0 Å². The van der Waals surface area contributed by atoms with Crippen LogP contribution in [0.15, 0.2) is 54.7 Å². The van der Waals surface area contributed by atoms with Gasteiger partial charge >= 0.3 is 5.97 Å². The molecule has 43 heavy (non-hydrogen) atoms. The predicted octanol–water partition coefficient (Wildman–Crippen LogP) is 7.10. The van der Waals surface area contributed by atoms with Crippen LogP contribution in [-0.2, 0) is 17.9 Å². The van der Waals surface area contributed by atoms with E-state index in [1.54, 1.807) is 18.3 Å². The van der Waals surface area contributed by atoms with Gasteiger partial charge in [-0.25, -0.2) is 18.2 Å². The SMILES string of the molecule is Cc1ccc(COc2ccc3nc([C@@H]4CCCC[C@@H]4C(=O)O)n(Cc4cc(N5CCC(F)(F)CC5)ccc4F)c3c2)nc1. The molecule has 1 aliphatic carbocycles. The fourth-order valence-electron chi connectivity index (χ4n) is 6.28. The predicted molar refractivity (Wildman–Crippen MR) is 157 cm³/mol. The maximum Gasteiger partial charge on any atom is 0.307 e. The minimum Gasteiger partial charge on any atom is -0.487 e. The number of anilines is 1. The minimum atomic E-state index is -2.68. The van der Waals surface area contributed by atoms with Gasteiger partial charge in [-0.1, -0.05) is 18.9 Å². The Kier molecular flexibility index (Phi) is 8.03. The number of carboxylic acid groups (broad SMARTS) is 1. The van der Waals surface area contributed by atoms with Gasteiger partial charge in [0.1, 0.15) is 24.0 Å². The highest BCUT2D eigenvalue weighted by molar-refractivity contribution is 5.79. The summed E-state index contributed by atoms with van der Waals surface area (Å²) >= 11 is 0. The smallest absolute Gasteiger partial charge is 0.307 e. The number of aryl methyl sites for hydroxylation is 1. The van der Waals surface area contributed by atoms with Crippen LogP contribution in [0.3, 0.4) is 0 Å². The Morgan fingerprint density at radius 1 is 1.07 bits per heavy atom. The lowest BCUT2D eigenvalue weighted by atomic mass is 9.78. The van der Waals surface area contributed by atoms with Gasteiger partial charge < -0.3 is 19.3 Å². The summed E-state index contributed by atoms with van der Waals surface area (Å²) in [5, 5.41) is 10.0. The third-order valence-corrected chi connectivity index (χ3v) is 8.74. The highest BCUT2D eigenvalue weighted by Gasteiger charge is 2.36. The quantitative estimate of drug-likeness (QED) is 0.235.